The van der Waals surface area contributed by atoms with Gasteiger partial charge in [0.2, 0.25) is 11.8 Å². The second-order valence-electron chi connectivity index (χ2n) is 7.79. The molecule has 0 spiro atoms. The second kappa shape index (κ2) is 8.13. The van der Waals surface area contributed by atoms with Crippen LogP contribution < -0.4 is 5.32 Å². The minimum Gasteiger partial charge on any atom is -0.454 e. The van der Waals surface area contributed by atoms with Crippen molar-refractivity contribution in [1.29, 1.82) is 5.26 Å². The Hall–Kier alpha value is -2.69. The third-order valence-corrected chi connectivity index (χ3v) is 5.92. The lowest BCUT2D eigenvalue weighted by molar-refractivity contribution is -0.159. The van der Waals surface area contributed by atoms with Crippen LogP contribution in [0.2, 0.25) is 0 Å². The number of allylic oxidation sites excluding steroid dienone is 2. The zero-order valence-corrected chi connectivity index (χ0v) is 16.0. The maximum absolute atomic E-state index is 12.5. The summed E-state index contributed by atoms with van der Waals surface area (Å²) in [5.41, 5.74) is -0.906. The molecular weight excluding hydrogens is 362 g/mol. The monoisotopic (exact) mass is 387 g/mol. The molecule has 3 amide bonds. The first-order chi connectivity index (χ1) is 13.4. The molecule has 3 atom stereocenters. The van der Waals surface area contributed by atoms with Crippen LogP contribution in [0.5, 0.6) is 0 Å². The molecule has 2 aliphatic carbocycles. The van der Waals surface area contributed by atoms with Crippen molar-refractivity contribution in [1.82, 2.24) is 10.2 Å². The highest BCUT2D eigenvalue weighted by Crippen LogP contribution is 2.36. The fraction of sp³-hybridized carbons (Fsp3) is 0.650. The van der Waals surface area contributed by atoms with Crippen molar-refractivity contribution in [2.75, 3.05) is 6.61 Å². The van der Waals surface area contributed by atoms with Crippen LogP contribution >= 0.6 is 0 Å². The number of ether oxygens (including phenoxy) is 1. The number of hydrogen-bond acceptors (Lipinski definition) is 6. The van der Waals surface area contributed by atoms with Gasteiger partial charge in [0.1, 0.15) is 11.6 Å². The molecule has 0 aromatic rings. The lowest BCUT2D eigenvalue weighted by atomic mass is 9.83. The Morgan fingerprint density at radius 1 is 1.21 bits per heavy atom. The molecule has 0 bridgehead atoms. The Morgan fingerprint density at radius 3 is 2.32 bits per heavy atom. The quantitative estimate of drug-likeness (QED) is 0.431. The normalized spacial score (nSPS) is 26.9. The van der Waals surface area contributed by atoms with Gasteiger partial charge in [0.15, 0.2) is 6.61 Å². The zero-order valence-electron chi connectivity index (χ0n) is 16.0. The fourth-order valence-corrected chi connectivity index (χ4v) is 4.29. The number of nitrogens with zero attached hydrogens (tertiary/aromatic N) is 2. The van der Waals surface area contributed by atoms with E-state index in [1.807, 2.05) is 12.2 Å². The molecule has 0 aromatic heterocycles. The van der Waals surface area contributed by atoms with Gasteiger partial charge in [0.25, 0.3) is 5.91 Å². The molecule has 0 aromatic carbocycles. The van der Waals surface area contributed by atoms with Crippen molar-refractivity contribution in [2.24, 2.45) is 11.8 Å². The van der Waals surface area contributed by atoms with Crippen molar-refractivity contribution in [3.05, 3.63) is 12.2 Å². The molecule has 1 N–H and O–H groups in total. The lowest BCUT2D eigenvalue weighted by Crippen LogP contribution is -2.50. The summed E-state index contributed by atoms with van der Waals surface area (Å²) in [4.78, 5) is 50.5. The summed E-state index contributed by atoms with van der Waals surface area (Å²) < 4.78 is 5.04. The van der Waals surface area contributed by atoms with E-state index in [-0.39, 0.29) is 11.8 Å². The van der Waals surface area contributed by atoms with Crippen molar-refractivity contribution >= 4 is 23.7 Å². The topological polar surface area (TPSA) is 117 Å². The number of rotatable bonds is 5. The number of fused-ring (bicyclic) bond motifs is 1. The number of nitriles is 1. The van der Waals surface area contributed by atoms with E-state index in [0.717, 1.165) is 24.2 Å². The number of likely N-dealkylation sites (tertiary alicyclic amines) is 1. The predicted molar refractivity (Wildman–Crippen MR) is 97.2 cm³/mol. The molecule has 150 valence electrons. The highest BCUT2D eigenvalue weighted by molar-refractivity contribution is 6.08. The Balaban J connectivity index is 1.54. The summed E-state index contributed by atoms with van der Waals surface area (Å²) in [6.45, 7) is 0.885. The summed E-state index contributed by atoms with van der Waals surface area (Å²) in [7, 11) is 0. The smallest absolute Gasteiger partial charge is 0.329 e. The SMILES string of the molecule is C[C@@H](C(=O)OCC(=O)NC1(C#N)CCCCC1)N1C(=O)[C@@H]2CC=CC[C@H]2C1=O. The summed E-state index contributed by atoms with van der Waals surface area (Å²) in [5.74, 6) is -2.92. The number of nitrogens with one attached hydrogen (secondary N) is 1. The lowest BCUT2D eigenvalue weighted by Gasteiger charge is -2.31. The molecule has 3 aliphatic rings. The third kappa shape index (κ3) is 3.79. The van der Waals surface area contributed by atoms with Crippen molar-refractivity contribution in [3.63, 3.8) is 0 Å². The van der Waals surface area contributed by atoms with Crippen LogP contribution in [0.1, 0.15) is 51.9 Å². The van der Waals surface area contributed by atoms with Gasteiger partial charge >= 0.3 is 5.97 Å². The molecule has 8 nitrogen and oxygen atoms in total. The van der Waals surface area contributed by atoms with Gasteiger partial charge in [-0.05, 0) is 32.6 Å². The summed E-state index contributed by atoms with van der Waals surface area (Å²) in [6.07, 6.45) is 8.64. The number of carbonyl (C=O) groups is 4. The standard InChI is InChI=1S/C20H25N3O5/c1-13(23-17(25)14-7-3-4-8-15(14)18(23)26)19(27)28-11-16(24)22-20(12-21)9-5-2-6-10-20/h3-4,13-15H,2,5-11H2,1H3,(H,22,24)/t13-,14+,15+/m0/s1. The van der Waals surface area contributed by atoms with E-state index in [2.05, 4.69) is 11.4 Å². The maximum atomic E-state index is 12.5. The zero-order chi connectivity index (χ0) is 20.3. The van der Waals surface area contributed by atoms with Crippen LogP contribution in [0.3, 0.4) is 0 Å². The minimum atomic E-state index is -1.09. The number of amides is 3. The molecular formula is C20H25N3O5. The maximum Gasteiger partial charge on any atom is 0.329 e. The van der Waals surface area contributed by atoms with E-state index in [9.17, 15) is 24.4 Å². The average molecular weight is 387 g/mol. The van der Waals surface area contributed by atoms with Crippen LogP contribution in [0.25, 0.3) is 0 Å². The minimum absolute atomic E-state index is 0.362. The first-order valence-corrected chi connectivity index (χ1v) is 9.79. The molecule has 1 saturated heterocycles. The van der Waals surface area contributed by atoms with E-state index >= 15 is 0 Å². The van der Waals surface area contributed by atoms with Crippen molar-refractivity contribution < 1.29 is 23.9 Å². The molecule has 2 fully saturated rings. The third-order valence-electron chi connectivity index (χ3n) is 5.92. The van der Waals surface area contributed by atoms with Crippen LogP contribution in [0, 0.1) is 23.2 Å². The molecule has 1 aliphatic heterocycles. The van der Waals surface area contributed by atoms with Gasteiger partial charge in [-0.25, -0.2) is 4.79 Å². The van der Waals surface area contributed by atoms with Gasteiger partial charge < -0.3 is 10.1 Å². The first-order valence-electron chi connectivity index (χ1n) is 9.79. The number of carbonyl (C=O) groups excluding carboxylic acids is 4. The van der Waals surface area contributed by atoms with Gasteiger partial charge in [-0.3, -0.25) is 19.3 Å². The predicted octanol–water partition coefficient (Wildman–Crippen LogP) is 1.21. The van der Waals surface area contributed by atoms with E-state index in [0.29, 0.717) is 25.7 Å². The fourth-order valence-electron chi connectivity index (χ4n) is 4.29. The van der Waals surface area contributed by atoms with Gasteiger partial charge in [-0.15, -0.1) is 0 Å². The molecule has 0 unspecified atom stereocenters. The van der Waals surface area contributed by atoms with E-state index in [1.54, 1.807) is 0 Å². The Bertz CT molecular complexity index is 721. The number of esters is 1. The second-order valence-corrected chi connectivity index (χ2v) is 7.79. The Morgan fingerprint density at radius 2 is 1.79 bits per heavy atom. The van der Waals surface area contributed by atoms with Crippen LogP contribution in [0.15, 0.2) is 12.2 Å². The Kier molecular flexibility index (Phi) is 5.82. The highest BCUT2D eigenvalue weighted by Gasteiger charge is 2.50. The molecule has 3 rings (SSSR count). The average Bonchev–Trinajstić information content (AvgIpc) is 2.97. The number of imide groups is 1. The van der Waals surface area contributed by atoms with E-state index < -0.39 is 41.9 Å². The van der Waals surface area contributed by atoms with Crippen LogP contribution in [-0.2, 0) is 23.9 Å². The largest absolute Gasteiger partial charge is 0.454 e. The molecule has 28 heavy (non-hydrogen) atoms. The van der Waals surface area contributed by atoms with E-state index in [1.165, 1.54) is 6.92 Å². The first kappa shape index (κ1) is 20.1. The van der Waals surface area contributed by atoms with Gasteiger partial charge in [-0.1, -0.05) is 31.4 Å². The van der Waals surface area contributed by atoms with E-state index in [4.69, 9.17) is 4.74 Å². The molecule has 8 heteroatoms. The van der Waals surface area contributed by atoms with Gasteiger partial charge in [0.05, 0.1) is 17.9 Å². The summed E-state index contributed by atoms with van der Waals surface area (Å²) in [5, 5.41) is 12.1. The molecule has 0 radical (unpaired) electrons. The molecule has 1 heterocycles. The van der Waals surface area contributed by atoms with Gasteiger partial charge in [-0.2, -0.15) is 5.26 Å². The molecule has 1 saturated carbocycles. The highest BCUT2D eigenvalue weighted by atomic mass is 16.5. The summed E-state index contributed by atoms with van der Waals surface area (Å²) in [6, 6.07) is 1.08. The van der Waals surface area contributed by atoms with Crippen molar-refractivity contribution in [2.45, 2.75) is 63.5 Å². The van der Waals surface area contributed by atoms with Crippen molar-refractivity contribution in [3.8, 4) is 6.07 Å². The Labute approximate surface area is 163 Å². The van der Waals surface area contributed by atoms with Gasteiger partial charge in [0, 0.05) is 0 Å². The van der Waals surface area contributed by atoms with Crippen LogP contribution in [-0.4, -0.2) is 46.8 Å². The summed E-state index contributed by atoms with van der Waals surface area (Å²) >= 11 is 0. The number of hydrogen-bond donors (Lipinski definition) is 1. The van der Waals surface area contributed by atoms with Crippen LogP contribution in [0.4, 0.5) is 0 Å².